The van der Waals surface area contributed by atoms with E-state index in [0.717, 1.165) is 45.3 Å². The molecule has 1 atom stereocenters. The Morgan fingerprint density at radius 3 is 2.12 bits per heavy atom. The molecule has 0 aliphatic carbocycles. The maximum absolute atomic E-state index is 12.7. The number of carbonyl (C=O) groups is 2. The van der Waals surface area contributed by atoms with E-state index in [1.165, 1.54) is 11.1 Å². The Morgan fingerprint density at radius 2 is 1.56 bits per heavy atom. The lowest BCUT2D eigenvalue weighted by atomic mass is 9.89. The highest BCUT2D eigenvalue weighted by molar-refractivity contribution is 5.87. The molecule has 2 heterocycles. The molecule has 0 N–H and O–H groups in total. The van der Waals surface area contributed by atoms with Crippen LogP contribution in [0.15, 0.2) is 24.3 Å². The fraction of sp³-hybridized carbons (Fsp3) is 0.619. The largest absolute Gasteiger partial charge is 0.341 e. The smallest absolute Gasteiger partial charge is 0.245 e. The van der Waals surface area contributed by atoms with Gasteiger partial charge in [0.05, 0.1) is 0 Å². The Bertz CT molecular complexity index is 574. The van der Waals surface area contributed by atoms with Crippen molar-refractivity contribution >= 4 is 11.8 Å². The van der Waals surface area contributed by atoms with E-state index < -0.39 is 0 Å². The highest BCUT2D eigenvalue weighted by atomic mass is 16.2. The fourth-order valence-corrected chi connectivity index (χ4v) is 3.88. The predicted molar refractivity (Wildman–Crippen MR) is 101 cm³/mol. The van der Waals surface area contributed by atoms with Crippen LogP contribution >= 0.6 is 0 Å². The van der Waals surface area contributed by atoms with E-state index in [9.17, 15) is 9.59 Å². The molecule has 2 aliphatic heterocycles. The zero-order valence-corrected chi connectivity index (χ0v) is 16.1. The molecule has 4 heteroatoms. The van der Waals surface area contributed by atoms with Crippen LogP contribution in [0.25, 0.3) is 0 Å². The van der Waals surface area contributed by atoms with Gasteiger partial charge in [0, 0.05) is 26.6 Å². The number of hydrogen-bond acceptors (Lipinski definition) is 2. The number of aryl methyl sites for hydroxylation is 1. The summed E-state index contributed by atoms with van der Waals surface area (Å²) < 4.78 is 0. The van der Waals surface area contributed by atoms with Gasteiger partial charge < -0.3 is 9.80 Å². The van der Waals surface area contributed by atoms with Gasteiger partial charge in [0.15, 0.2) is 0 Å². The minimum absolute atomic E-state index is 0.0235. The van der Waals surface area contributed by atoms with E-state index >= 15 is 0 Å². The van der Waals surface area contributed by atoms with Gasteiger partial charge in [-0.15, -0.1) is 0 Å². The number of hydrogen-bond donors (Lipinski definition) is 0. The van der Waals surface area contributed by atoms with Crippen molar-refractivity contribution in [3.63, 3.8) is 0 Å². The van der Waals surface area contributed by atoms with Crippen LogP contribution < -0.4 is 0 Å². The van der Waals surface area contributed by atoms with Crippen molar-refractivity contribution in [3.05, 3.63) is 35.4 Å². The van der Waals surface area contributed by atoms with Crippen molar-refractivity contribution in [1.29, 1.82) is 0 Å². The standard InChI is InChI=1S/C19H26N2O2.C2H6/c1-14-5-7-16(8-6-14)17-9-12-20(13-10-17)19(23)18-4-3-11-21(18)15(2)22;1-2/h5-8,17-18H,3-4,9-13H2,1-2H3;1-2H3. The van der Waals surface area contributed by atoms with Crippen molar-refractivity contribution in [2.75, 3.05) is 19.6 Å². The number of nitrogens with zero attached hydrogens (tertiary/aromatic N) is 2. The first kappa shape index (κ1) is 19.5. The third-order valence-electron chi connectivity index (χ3n) is 5.30. The lowest BCUT2D eigenvalue weighted by molar-refractivity contribution is -0.143. The maximum atomic E-state index is 12.7. The fourth-order valence-electron chi connectivity index (χ4n) is 3.88. The van der Waals surface area contributed by atoms with Crippen molar-refractivity contribution in [2.24, 2.45) is 0 Å². The molecule has 1 aromatic carbocycles. The average Bonchev–Trinajstić information content (AvgIpc) is 3.14. The van der Waals surface area contributed by atoms with Crippen LogP contribution in [-0.4, -0.2) is 47.3 Å². The third-order valence-corrected chi connectivity index (χ3v) is 5.30. The van der Waals surface area contributed by atoms with Crippen LogP contribution in [0.2, 0.25) is 0 Å². The zero-order valence-electron chi connectivity index (χ0n) is 16.1. The normalized spacial score (nSPS) is 20.9. The molecule has 3 rings (SSSR count). The lowest BCUT2D eigenvalue weighted by Gasteiger charge is -2.35. The van der Waals surface area contributed by atoms with Gasteiger partial charge in [-0.05, 0) is 44.1 Å². The summed E-state index contributed by atoms with van der Waals surface area (Å²) in [5.41, 5.74) is 2.67. The second-order valence-corrected chi connectivity index (χ2v) is 6.88. The van der Waals surface area contributed by atoms with E-state index in [2.05, 4.69) is 31.2 Å². The van der Waals surface area contributed by atoms with E-state index in [1.54, 1.807) is 11.8 Å². The lowest BCUT2D eigenvalue weighted by Crippen LogP contribution is -2.49. The van der Waals surface area contributed by atoms with Gasteiger partial charge in [-0.1, -0.05) is 43.7 Å². The first-order chi connectivity index (χ1) is 12.1. The predicted octanol–water partition coefficient (Wildman–Crippen LogP) is 3.74. The third kappa shape index (κ3) is 4.62. The van der Waals surface area contributed by atoms with E-state index in [-0.39, 0.29) is 17.9 Å². The van der Waals surface area contributed by atoms with Gasteiger partial charge in [-0.3, -0.25) is 9.59 Å². The van der Waals surface area contributed by atoms with Crippen LogP contribution in [0.4, 0.5) is 0 Å². The maximum Gasteiger partial charge on any atom is 0.245 e. The van der Waals surface area contributed by atoms with Crippen LogP contribution in [0, 0.1) is 6.92 Å². The van der Waals surface area contributed by atoms with Crippen LogP contribution in [-0.2, 0) is 9.59 Å². The van der Waals surface area contributed by atoms with E-state index in [4.69, 9.17) is 0 Å². The van der Waals surface area contributed by atoms with Crippen LogP contribution in [0.1, 0.15) is 63.5 Å². The van der Waals surface area contributed by atoms with E-state index in [1.807, 2.05) is 18.7 Å². The molecule has 2 amide bonds. The molecule has 0 radical (unpaired) electrons. The van der Waals surface area contributed by atoms with Gasteiger partial charge in [0.25, 0.3) is 0 Å². The summed E-state index contributed by atoms with van der Waals surface area (Å²) in [7, 11) is 0. The summed E-state index contributed by atoms with van der Waals surface area (Å²) in [4.78, 5) is 28.1. The molecule has 1 unspecified atom stereocenters. The molecule has 2 aliphatic rings. The van der Waals surface area contributed by atoms with Crippen LogP contribution in [0.5, 0.6) is 0 Å². The van der Waals surface area contributed by atoms with E-state index in [0.29, 0.717) is 5.92 Å². The topological polar surface area (TPSA) is 40.6 Å². The SMILES string of the molecule is CC.CC(=O)N1CCCC1C(=O)N1CCC(c2ccc(C)cc2)CC1. The molecule has 0 saturated carbocycles. The molecule has 0 spiro atoms. The number of likely N-dealkylation sites (tertiary alicyclic amines) is 2. The molecule has 2 fully saturated rings. The van der Waals surface area contributed by atoms with Crippen molar-refractivity contribution in [1.82, 2.24) is 9.80 Å². The number of carbonyl (C=O) groups excluding carboxylic acids is 2. The van der Waals surface area contributed by atoms with Crippen LogP contribution in [0.3, 0.4) is 0 Å². The van der Waals surface area contributed by atoms with Gasteiger partial charge in [-0.25, -0.2) is 0 Å². The van der Waals surface area contributed by atoms with Gasteiger partial charge in [0.1, 0.15) is 6.04 Å². The summed E-state index contributed by atoms with van der Waals surface area (Å²) in [6.45, 7) is 10.0. The molecule has 4 nitrogen and oxygen atoms in total. The summed E-state index contributed by atoms with van der Waals surface area (Å²) in [5.74, 6) is 0.725. The Hall–Kier alpha value is -1.84. The number of amides is 2. The molecule has 2 saturated heterocycles. The monoisotopic (exact) mass is 344 g/mol. The average molecular weight is 344 g/mol. The molecule has 1 aromatic rings. The highest BCUT2D eigenvalue weighted by Crippen LogP contribution is 2.29. The zero-order chi connectivity index (χ0) is 18.4. The Balaban J connectivity index is 0.00000109. The molecule has 0 aromatic heterocycles. The number of benzene rings is 1. The Labute approximate surface area is 152 Å². The Kier molecular flexibility index (Phi) is 7.03. The second kappa shape index (κ2) is 9.02. The second-order valence-electron chi connectivity index (χ2n) is 6.88. The van der Waals surface area contributed by atoms with Gasteiger partial charge in [0.2, 0.25) is 11.8 Å². The molecular formula is C21H32N2O2. The quantitative estimate of drug-likeness (QED) is 0.820. The minimum atomic E-state index is -0.219. The summed E-state index contributed by atoms with van der Waals surface area (Å²) in [6.07, 6.45) is 3.79. The molecule has 25 heavy (non-hydrogen) atoms. The molecule has 0 bridgehead atoms. The first-order valence-electron chi connectivity index (χ1n) is 9.69. The van der Waals surface area contributed by atoms with Crippen molar-refractivity contribution in [2.45, 2.75) is 65.3 Å². The first-order valence-corrected chi connectivity index (χ1v) is 9.69. The summed E-state index contributed by atoms with van der Waals surface area (Å²) in [6, 6.07) is 8.54. The van der Waals surface area contributed by atoms with Gasteiger partial charge in [-0.2, -0.15) is 0 Å². The summed E-state index contributed by atoms with van der Waals surface area (Å²) in [5, 5.41) is 0. The van der Waals surface area contributed by atoms with Crippen molar-refractivity contribution in [3.8, 4) is 0 Å². The Morgan fingerprint density at radius 1 is 0.960 bits per heavy atom. The number of rotatable bonds is 2. The highest BCUT2D eigenvalue weighted by Gasteiger charge is 2.36. The molecule has 138 valence electrons. The minimum Gasteiger partial charge on any atom is -0.341 e. The summed E-state index contributed by atoms with van der Waals surface area (Å²) >= 11 is 0. The van der Waals surface area contributed by atoms with Gasteiger partial charge >= 0.3 is 0 Å². The molecular weight excluding hydrogens is 312 g/mol. The number of piperidine rings is 1. The van der Waals surface area contributed by atoms with Crippen molar-refractivity contribution < 1.29 is 9.59 Å².